The normalized spacial score (nSPS) is 20.3. The molecule has 1 aliphatic heterocycles. The Hall–Kier alpha value is -1.71. The molecule has 1 aliphatic rings. The van der Waals surface area contributed by atoms with Gasteiger partial charge in [-0.3, -0.25) is 0 Å². The molecule has 1 atom stereocenters. The van der Waals surface area contributed by atoms with Crippen molar-refractivity contribution in [3.05, 3.63) is 29.8 Å². The molecule has 0 saturated carbocycles. The number of nitrogens with zero attached hydrogens (tertiary/aromatic N) is 1. The largest absolute Gasteiger partial charge is 0.497 e. The number of carbonyl (C=O) groups excluding carboxylic acids is 1. The number of ether oxygens (including phenoxy) is 2. The van der Waals surface area contributed by atoms with E-state index >= 15 is 0 Å². The number of amides is 1. The fourth-order valence-corrected chi connectivity index (χ4v) is 1.64. The van der Waals surface area contributed by atoms with Gasteiger partial charge in [0.2, 0.25) is 0 Å². The Bertz CT molecular complexity index is 361. The third kappa shape index (κ3) is 1.75. The molecule has 1 fully saturated rings. The summed E-state index contributed by atoms with van der Waals surface area (Å²) in [6.45, 7) is 0.418. The fraction of sp³-hybridized carbons (Fsp3) is 0.364. The maximum absolute atomic E-state index is 11.2. The van der Waals surface area contributed by atoms with Crippen molar-refractivity contribution in [2.24, 2.45) is 0 Å². The molecule has 1 aromatic carbocycles. The van der Waals surface area contributed by atoms with Crippen LogP contribution in [0.5, 0.6) is 5.75 Å². The molecule has 4 nitrogen and oxygen atoms in total. The summed E-state index contributed by atoms with van der Waals surface area (Å²) in [7, 11) is 3.37. The van der Waals surface area contributed by atoms with Crippen LogP contribution in [0.15, 0.2) is 24.3 Å². The predicted molar refractivity (Wildman–Crippen MR) is 54.8 cm³/mol. The van der Waals surface area contributed by atoms with Gasteiger partial charge in [-0.1, -0.05) is 12.1 Å². The van der Waals surface area contributed by atoms with Gasteiger partial charge in [0.1, 0.15) is 12.4 Å². The maximum Gasteiger partial charge on any atom is 0.410 e. The van der Waals surface area contributed by atoms with E-state index in [-0.39, 0.29) is 12.1 Å². The molecule has 1 heterocycles. The number of cyclic esters (lactones) is 1. The second-order valence-corrected chi connectivity index (χ2v) is 3.48. The molecule has 0 spiro atoms. The second-order valence-electron chi connectivity index (χ2n) is 3.48. The molecule has 1 unspecified atom stereocenters. The highest BCUT2D eigenvalue weighted by Gasteiger charge is 2.30. The van der Waals surface area contributed by atoms with Crippen LogP contribution < -0.4 is 4.74 Å². The first-order valence-corrected chi connectivity index (χ1v) is 4.76. The summed E-state index contributed by atoms with van der Waals surface area (Å²) < 4.78 is 10.0. The number of methoxy groups -OCH3 is 1. The number of rotatable bonds is 2. The number of hydrogen-bond donors (Lipinski definition) is 0. The van der Waals surface area contributed by atoms with Crippen LogP contribution in [0.4, 0.5) is 4.79 Å². The lowest BCUT2D eigenvalue weighted by molar-refractivity contribution is 0.163. The topological polar surface area (TPSA) is 38.8 Å². The third-order valence-corrected chi connectivity index (χ3v) is 2.62. The lowest BCUT2D eigenvalue weighted by Crippen LogP contribution is -2.22. The van der Waals surface area contributed by atoms with E-state index in [9.17, 15) is 4.79 Å². The zero-order chi connectivity index (χ0) is 10.8. The Labute approximate surface area is 88.4 Å². The van der Waals surface area contributed by atoms with Crippen molar-refractivity contribution in [3.63, 3.8) is 0 Å². The Kier molecular flexibility index (Phi) is 2.49. The van der Waals surface area contributed by atoms with Gasteiger partial charge in [-0.05, 0) is 17.7 Å². The van der Waals surface area contributed by atoms with Crippen molar-refractivity contribution in [2.45, 2.75) is 6.04 Å². The van der Waals surface area contributed by atoms with Gasteiger partial charge >= 0.3 is 6.09 Å². The molecule has 15 heavy (non-hydrogen) atoms. The SMILES string of the molecule is COc1ccc(C2COC(=O)N2C)cc1. The smallest absolute Gasteiger partial charge is 0.410 e. The number of carbonyl (C=O) groups is 1. The number of benzene rings is 1. The maximum atomic E-state index is 11.2. The molecule has 0 N–H and O–H groups in total. The predicted octanol–water partition coefficient (Wildman–Crippen LogP) is 1.82. The van der Waals surface area contributed by atoms with E-state index < -0.39 is 0 Å². The first-order valence-electron chi connectivity index (χ1n) is 4.76. The van der Waals surface area contributed by atoms with Crippen LogP contribution in [-0.4, -0.2) is 31.8 Å². The highest BCUT2D eigenvalue weighted by Crippen LogP contribution is 2.27. The van der Waals surface area contributed by atoms with Crippen molar-refractivity contribution < 1.29 is 14.3 Å². The van der Waals surface area contributed by atoms with Crippen LogP contribution in [0.1, 0.15) is 11.6 Å². The molecular formula is C11H13NO3. The number of hydrogen-bond acceptors (Lipinski definition) is 3. The minimum atomic E-state index is -0.268. The molecule has 1 saturated heterocycles. The minimum absolute atomic E-state index is 0.0170. The molecule has 0 bridgehead atoms. The average molecular weight is 207 g/mol. The summed E-state index contributed by atoms with van der Waals surface area (Å²) in [4.78, 5) is 12.8. The van der Waals surface area contributed by atoms with Gasteiger partial charge in [0.25, 0.3) is 0 Å². The van der Waals surface area contributed by atoms with Gasteiger partial charge in [0.15, 0.2) is 0 Å². The molecule has 2 rings (SSSR count). The monoisotopic (exact) mass is 207 g/mol. The molecule has 0 aliphatic carbocycles. The first kappa shape index (κ1) is 9.83. The lowest BCUT2D eigenvalue weighted by atomic mass is 10.1. The summed E-state index contributed by atoms with van der Waals surface area (Å²) in [5.74, 6) is 0.812. The lowest BCUT2D eigenvalue weighted by Gasteiger charge is -2.16. The van der Waals surface area contributed by atoms with E-state index in [0.717, 1.165) is 11.3 Å². The Balaban J connectivity index is 2.19. The molecular weight excluding hydrogens is 194 g/mol. The van der Waals surface area contributed by atoms with Gasteiger partial charge in [-0.2, -0.15) is 0 Å². The summed E-state index contributed by atoms with van der Waals surface area (Å²) in [5, 5.41) is 0. The zero-order valence-electron chi connectivity index (χ0n) is 8.77. The second kappa shape index (κ2) is 3.81. The van der Waals surface area contributed by atoms with Crippen molar-refractivity contribution in [3.8, 4) is 5.75 Å². The average Bonchev–Trinajstić information content (AvgIpc) is 2.60. The highest BCUT2D eigenvalue weighted by molar-refractivity contribution is 5.70. The third-order valence-electron chi connectivity index (χ3n) is 2.62. The summed E-state index contributed by atoms with van der Waals surface area (Å²) in [6.07, 6.45) is -0.268. The summed E-state index contributed by atoms with van der Waals surface area (Å²) in [6, 6.07) is 7.67. The van der Waals surface area contributed by atoms with Gasteiger partial charge in [-0.25, -0.2) is 4.79 Å². The van der Waals surface area contributed by atoms with Crippen LogP contribution in [0, 0.1) is 0 Å². The summed E-state index contributed by atoms with van der Waals surface area (Å²) >= 11 is 0. The minimum Gasteiger partial charge on any atom is -0.497 e. The van der Waals surface area contributed by atoms with Crippen LogP contribution >= 0.6 is 0 Å². The molecule has 80 valence electrons. The van der Waals surface area contributed by atoms with E-state index in [1.165, 1.54) is 0 Å². The van der Waals surface area contributed by atoms with E-state index in [4.69, 9.17) is 9.47 Å². The molecule has 4 heteroatoms. The van der Waals surface area contributed by atoms with Gasteiger partial charge < -0.3 is 14.4 Å². The van der Waals surface area contributed by atoms with Crippen molar-refractivity contribution in [1.29, 1.82) is 0 Å². The summed E-state index contributed by atoms with van der Waals surface area (Å²) in [5.41, 5.74) is 1.06. The number of likely N-dealkylation sites (N-methyl/N-ethyl adjacent to an activating group) is 1. The molecule has 0 radical (unpaired) electrons. The molecule has 1 amide bonds. The standard InChI is InChI=1S/C11H13NO3/c1-12-10(7-15-11(12)13)8-3-5-9(14-2)6-4-8/h3-6,10H,7H2,1-2H3. The van der Waals surface area contributed by atoms with Crippen LogP contribution in [0.25, 0.3) is 0 Å². The quantitative estimate of drug-likeness (QED) is 0.742. The van der Waals surface area contributed by atoms with Crippen LogP contribution in [0.2, 0.25) is 0 Å². The van der Waals surface area contributed by atoms with Crippen LogP contribution in [-0.2, 0) is 4.74 Å². The van der Waals surface area contributed by atoms with Gasteiger partial charge in [0, 0.05) is 7.05 Å². The van der Waals surface area contributed by atoms with Crippen LogP contribution in [0.3, 0.4) is 0 Å². The molecule has 0 aromatic heterocycles. The highest BCUT2D eigenvalue weighted by atomic mass is 16.6. The Morgan fingerprint density at radius 2 is 2.07 bits per heavy atom. The van der Waals surface area contributed by atoms with E-state index in [1.54, 1.807) is 19.1 Å². The first-order chi connectivity index (χ1) is 7.22. The van der Waals surface area contributed by atoms with Gasteiger partial charge in [-0.15, -0.1) is 0 Å². The van der Waals surface area contributed by atoms with Gasteiger partial charge in [0.05, 0.1) is 13.2 Å². The zero-order valence-corrected chi connectivity index (χ0v) is 8.77. The van der Waals surface area contributed by atoms with Crippen molar-refractivity contribution in [1.82, 2.24) is 4.90 Å². The fourth-order valence-electron chi connectivity index (χ4n) is 1.64. The Morgan fingerprint density at radius 1 is 1.40 bits per heavy atom. The van der Waals surface area contributed by atoms with E-state index in [0.29, 0.717) is 6.61 Å². The van der Waals surface area contributed by atoms with Crippen molar-refractivity contribution >= 4 is 6.09 Å². The Morgan fingerprint density at radius 3 is 2.53 bits per heavy atom. The van der Waals surface area contributed by atoms with E-state index in [2.05, 4.69) is 0 Å². The van der Waals surface area contributed by atoms with Crippen molar-refractivity contribution in [2.75, 3.05) is 20.8 Å². The van der Waals surface area contributed by atoms with E-state index in [1.807, 2.05) is 24.3 Å². The molecule has 1 aromatic rings.